The molecular weight excluding hydrogens is 399 g/mol. The SMILES string of the molecule is CCOc1ccc(C(O)=C2C(=O)C(=O)N(CCCN(C)C)C2c2ccccc2F)cc1. The first-order valence-electron chi connectivity index (χ1n) is 10.3. The van der Waals surface area contributed by atoms with E-state index in [9.17, 15) is 19.1 Å². The van der Waals surface area contributed by atoms with E-state index in [0.29, 0.717) is 30.9 Å². The Morgan fingerprint density at radius 3 is 2.42 bits per heavy atom. The molecule has 6 nitrogen and oxygen atoms in total. The molecule has 1 amide bonds. The Labute approximate surface area is 181 Å². The summed E-state index contributed by atoms with van der Waals surface area (Å²) in [6.45, 7) is 3.32. The van der Waals surface area contributed by atoms with Crippen LogP contribution in [0.25, 0.3) is 5.76 Å². The molecule has 1 N–H and O–H groups in total. The van der Waals surface area contributed by atoms with Gasteiger partial charge in [-0.3, -0.25) is 9.59 Å². The number of nitrogens with zero attached hydrogens (tertiary/aromatic N) is 2. The van der Waals surface area contributed by atoms with E-state index in [4.69, 9.17) is 4.74 Å². The van der Waals surface area contributed by atoms with Crippen molar-refractivity contribution in [1.29, 1.82) is 0 Å². The molecular formula is C24H27FN2O4. The third kappa shape index (κ3) is 4.77. The van der Waals surface area contributed by atoms with Crippen LogP contribution < -0.4 is 4.74 Å². The number of ketones is 1. The van der Waals surface area contributed by atoms with E-state index in [-0.39, 0.29) is 23.4 Å². The molecule has 0 radical (unpaired) electrons. The molecule has 1 atom stereocenters. The van der Waals surface area contributed by atoms with Gasteiger partial charge < -0.3 is 19.6 Å². The van der Waals surface area contributed by atoms with Gasteiger partial charge in [0.25, 0.3) is 11.7 Å². The van der Waals surface area contributed by atoms with Gasteiger partial charge in [0.05, 0.1) is 18.2 Å². The van der Waals surface area contributed by atoms with E-state index in [1.807, 2.05) is 25.9 Å². The van der Waals surface area contributed by atoms with Gasteiger partial charge in [0.15, 0.2) is 0 Å². The van der Waals surface area contributed by atoms with Crippen molar-refractivity contribution in [2.75, 3.05) is 33.8 Å². The van der Waals surface area contributed by atoms with Crippen LogP contribution in [0.1, 0.15) is 30.5 Å². The van der Waals surface area contributed by atoms with E-state index in [0.717, 1.165) is 0 Å². The molecule has 1 aliphatic heterocycles. The maximum atomic E-state index is 14.7. The third-order valence-corrected chi connectivity index (χ3v) is 5.18. The highest BCUT2D eigenvalue weighted by atomic mass is 19.1. The van der Waals surface area contributed by atoms with Crippen LogP contribution in [0.3, 0.4) is 0 Å². The van der Waals surface area contributed by atoms with Crippen LogP contribution >= 0.6 is 0 Å². The Morgan fingerprint density at radius 2 is 1.81 bits per heavy atom. The number of carbonyl (C=O) groups excluding carboxylic acids is 2. The second kappa shape index (κ2) is 9.75. The predicted octanol–water partition coefficient (Wildman–Crippen LogP) is 3.60. The van der Waals surface area contributed by atoms with E-state index < -0.39 is 23.5 Å². The fourth-order valence-electron chi connectivity index (χ4n) is 3.72. The van der Waals surface area contributed by atoms with Crippen LogP contribution in [0.5, 0.6) is 5.75 Å². The summed E-state index contributed by atoms with van der Waals surface area (Å²) in [5.41, 5.74) is 0.430. The highest BCUT2D eigenvalue weighted by Crippen LogP contribution is 2.40. The fourth-order valence-corrected chi connectivity index (χ4v) is 3.72. The average molecular weight is 426 g/mol. The van der Waals surface area contributed by atoms with E-state index in [1.165, 1.54) is 17.0 Å². The zero-order valence-electron chi connectivity index (χ0n) is 18.0. The second-order valence-electron chi connectivity index (χ2n) is 7.63. The average Bonchev–Trinajstić information content (AvgIpc) is 2.99. The Hall–Kier alpha value is -3.19. The summed E-state index contributed by atoms with van der Waals surface area (Å²) >= 11 is 0. The van der Waals surface area contributed by atoms with Gasteiger partial charge >= 0.3 is 0 Å². The Morgan fingerprint density at radius 1 is 1.13 bits per heavy atom. The van der Waals surface area contributed by atoms with Crippen LogP contribution in [0.2, 0.25) is 0 Å². The minimum absolute atomic E-state index is 0.107. The number of halogens is 1. The summed E-state index contributed by atoms with van der Waals surface area (Å²) in [5.74, 6) is -1.80. The Kier molecular flexibility index (Phi) is 7.07. The molecule has 1 fully saturated rings. The predicted molar refractivity (Wildman–Crippen MR) is 116 cm³/mol. The summed E-state index contributed by atoms with van der Waals surface area (Å²) in [6.07, 6.45) is 0.605. The minimum Gasteiger partial charge on any atom is -0.507 e. The van der Waals surface area contributed by atoms with E-state index in [2.05, 4.69) is 0 Å². The fraction of sp³-hybridized carbons (Fsp3) is 0.333. The van der Waals surface area contributed by atoms with Crippen LogP contribution in [0, 0.1) is 5.82 Å². The van der Waals surface area contributed by atoms with Gasteiger partial charge in [-0.15, -0.1) is 0 Å². The van der Waals surface area contributed by atoms with Crippen LogP contribution in [0.4, 0.5) is 4.39 Å². The normalized spacial score (nSPS) is 18.1. The molecule has 164 valence electrons. The van der Waals surface area contributed by atoms with Crippen molar-refractivity contribution in [3.05, 3.63) is 71.0 Å². The summed E-state index contributed by atoms with van der Waals surface area (Å²) in [7, 11) is 3.82. The number of aliphatic hydroxyl groups excluding tert-OH is 1. The number of ether oxygens (including phenoxy) is 1. The maximum Gasteiger partial charge on any atom is 0.295 e. The smallest absolute Gasteiger partial charge is 0.295 e. The van der Waals surface area contributed by atoms with Crippen LogP contribution in [-0.2, 0) is 9.59 Å². The first-order valence-corrected chi connectivity index (χ1v) is 10.3. The molecule has 1 heterocycles. The lowest BCUT2D eigenvalue weighted by molar-refractivity contribution is -0.140. The monoisotopic (exact) mass is 426 g/mol. The van der Waals surface area contributed by atoms with Crippen molar-refractivity contribution in [3.8, 4) is 5.75 Å². The molecule has 0 bridgehead atoms. The van der Waals surface area contributed by atoms with Crippen LogP contribution in [-0.4, -0.2) is 60.4 Å². The third-order valence-electron chi connectivity index (χ3n) is 5.18. The highest BCUT2D eigenvalue weighted by molar-refractivity contribution is 6.46. The molecule has 3 rings (SSSR count). The van der Waals surface area contributed by atoms with Gasteiger partial charge in [-0.05, 0) is 64.3 Å². The second-order valence-corrected chi connectivity index (χ2v) is 7.63. The van der Waals surface area contributed by atoms with Crippen molar-refractivity contribution in [1.82, 2.24) is 9.80 Å². The summed E-state index contributed by atoms with van der Waals surface area (Å²) in [4.78, 5) is 29.1. The summed E-state index contributed by atoms with van der Waals surface area (Å²) in [5, 5.41) is 11.0. The number of aliphatic hydroxyl groups is 1. The first-order chi connectivity index (χ1) is 14.8. The number of rotatable bonds is 8. The van der Waals surface area contributed by atoms with Crippen molar-refractivity contribution in [2.45, 2.75) is 19.4 Å². The first kappa shape index (κ1) is 22.5. The lowest BCUT2D eigenvalue weighted by atomic mass is 9.95. The van der Waals surface area contributed by atoms with Crippen molar-refractivity contribution < 1.29 is 23.8 Å². The number of likely N-dealkylation sites (tertiary alicyclic amines) is 1. The quantitative estimate of drug-likeness (QED) is 0.397. The number of Topliss-reactive ketones (excluding diaryl/α,β-unsaturated/α-hetero) is 1. The summed E-state index contributed by atoms with van der Waals surface area (Å²) < 4.78 is 20.1. The molecule has 2 aromatic carbocycles. The molecule has 1 unspecified atom stereocenters. The molecule has 0 aromatic heterocycles. The standard InChI is InChI=1S/C24H27FN2O4/c1-4-31-17-12-10-16(11-13-17)22(28)20-21(18-8-5-6-9-19(18)25)27(24(30)23(20)29)15-7-14-26(2)3/h5-6,8-13,21,28H,4,7,14-15H2,1-3H3. The minimum atomic E-state index is -0.991. The molecule has 0 saturated carbocycles. The molecule has 7 heteroatoms. The largest absolute Gasteiger partial charge is 0.507 e. The zero-order valence-corrected chi connectivity index (χ0v) is 18.0. The van der Waals surface area contributed by atoms with E-state index >= 15 is 0 Å². The lowest BCUT2D eigenvalue weighted by Crippen LogP contribution is -2.32. The lowest BCUT2D eigenvalue weighted by Gasteiger charge is -2.26. The Bertz CT molecular complexity index is 985. The number of amides is 1. The van der Waals surface area contributed by atoms with Crippen molar-refractivity contribution in [3.63, 3.8) is 0 Å². The van der Waals surface area contributed by atoms with Gasteiger partial charge in [-0.2, -0.15) is 0 Å². The van der Waals surface area contributed by atoms with Crippen molar-refractivity contribution >= 4 is 17.4 Å². The van der Waals surface area contributed by atoms with Gasteiger partial charge in [-0.25, -0.2) is 4.39 Å². The van der Waals surface area contributed by atoms with Crippen LogP contribution in [0.15, 0.2) is 54.1 Å². The van der Waals surface area contributed by atoms with Gasteiger partial charge in [-0.1, -0.05) is 18.2 Å². The molecule has 0 spiro atoms. The molecule has 31 heavy (non-hydrogen) atoms. The highest BCUT2D eigenvalue weighted by Gasteiger charge is 2.46. The van der Waals surface area contributed by atoms with Gasteiger partial charge in [0, 0.05) is 17.7 Å². The number of benzene rings is 2. The molecule has 1 saturated heterocycles. The maximum absolute atomic E-state index is 14.7. The number of hydrogen-bond donors (Lipinski definition) is 1. The molecule has 1 aliphatic rings. The topological polar surface area (TPSA) is 70.1 Å². The van der Waals surface area contributed by atoms with E-state index in [1.54, 1.807) is 36.4 Å². The number of hydrogen-bond acceptors (Lipinski definition) is 5. The number of carbonyl (C=O) groups is 2. The molecule has 0 aliphatic carbocycles. The zero-order chi connectivity index (χ0) is 22.5. The molecule has 2 aromatic rings. The van der Waals surface area contributed by atoms with Gasteiger partial charge in [0.2, 0.25) is 0 Å². The summed E-state index contributed by atoms with van der Waals surface area (Å²) in [6, 6.07) is 11.6. The Balaban J connectivity index is 2.07. The van der Waals surface area contributed by atoms with Gasteiger partial charge in [0.1, 0.15) is 17.3 Å². The van der Waals surface area contributed by atoms with Crippen molar-refractivity contribution in [2.24, 2.45) is 0 Å².